The summed E-state index contributed by atoms with van der Waals surface area (Å²) >= 11 is 1.46. The number of aliphatic imine (C=N–C) groups is 1. The molecule has 140 valence electrons. The summed E-state index contributed by atoms with van der Waals surface area (Å²) in [6, 6.07) is 14.2. The third-order valence-corrected chi connectivity index (χ3v) is 4.63. The van der Waals surface area contributed by atoms with Crippen molar-refractivity contribution in [2.75, 3.05) is 26.2 Å². The number of nitrogens with one attached hydrogen (secondary N) is 3. The zero-order valence-electron chi connectivity index (χ0n) is 15.3. The third kappa shape index (κ3) is 7.70. The monoisotopic (exact) mass is 372 g/mol. The van der Waals surface area contributed by atoms with E-state index in [0.717, 1.165) is 43.2 Å². The Morgan fingerprint density at radius 2 is 1.81 bits per heavy atom. The molecule has 0 unspecified atom stereocenters. The highest BCUT2D eigenvalue weighted by Crippen LogP contribution is 2.07. The predicted molar refractivity (Wildman–Crippen MR) is 110 cm³/mol. The number of nitrogens with zero attached hydrogens (tertiary/aromatic N) is 1. The quantitative estimate of drug-likeness (QED) is 0.341. The predicted octanol–water partition coefficient (Wildman–Crippen LogP) is 3.06. The molecular weight excluding hydrogens is 344 g/mol. The zero-order chi connectivity index (χ0) is 18.5. The maximum Gasteiger partial charge on any atom is 0.261 e. The van der Waals surface area contributed by atoms with E-state index < -0.39 is 0 Å². The fraction of sp³-hybridized carbons (Fsp3) is 0.400. The number of hydrogen-bond donors (Lipinski definition) is 3. The summed E-state index contributed by atoms with van der Waals surface area (Å²) in [6.07, 6.45) is 2.94. The van der Waals surface area contributed by atoms with Crippen LogP contribution in [0.5, 0.6) is 0 Å². The van der Waals surface area contributed by atoms with Crippen molar-refractivity contribution in [1.82, 2.24) is 16.0 Å². The molecule has 0 aliphatic rings. The molecule has 1 aromatic heterocycles. The highest BCUT2D eigenvalue weighted by molar-refractivity contribution is 7.12. The van der Waals surface area contributed by atoms with Gasteiger partial charge in [-0.2, -0.15) is 0 Å². The SMILES string of the molecule is CCNC(=NCCCNC(=O)c1cccs1)NCCCc1ccccc1. The number of carbonyl (C=O) groups excluding carboxylic acids is 1. The smallest absolute Gasteiger partial charge is 0.261 e. The molecule has 6 heteroatoms. The van der Waals surface area contributed by atoms with E-state index in [2.05, 4.69) is 52.1 Å². The molecule has 5 nitrogen and oxygen atoms in total. The normalized spacial score (nSPS) is 11.2. The van der Waals surface area contributed by atoms with Gasteiger partial charge in [-0.3, -0.25) is 9.79 Å². The van der Waals surface area contributed by atoms with Crippen LogP contribution < -0.4 is 16.0 Å². The van der Waals surface area contributed by atoms with E-state index in [1.165, 1.54) is 16.9 Å². The van der Waals surface area contributed by atoms with Crippen molar-refractivity contribution in [3.05, 3.63) is 58.3 Å². The van der Waals surface area contributed by atoms with E-state index >= 15 is 0 Å². The number of carbonyl (C=O) groups is 1. The van der Waals surface area contributed by atoms with E-state index in [4.69, 9.17) is 0 Å². The minimum Gasteiger partial charge on any atom is -0.357 e. The van der Waals surface area contributed by atoms with Gasteiger partial charge in [0.1, 0.15) is 0 Å². The van der Waals surface area contributed by atoms with Gasteiger partial charge in [0, 0.05) is 26.2 Å². The molecule has 1 aromatic carbocycles. The first-order valence-electron chi connectivity index (χ1n) is 9.17. The average Bonchev–Trinajstić information content (AvgIpc) is 3.20. The lowest BCUT2D eigenvalue weighted by Gasteiger charge is -2.11. The molecule has 0 saturated heterocycles. The summed E-state index contributed by atoms with van der Waals surface area (Å²) in [5, 5.41) is 11.5. The first kappa shape index (κ1) is 20.0. The lowest BCUT2D eigenvalue weighted by atomic mass is 10.1. The Labute approximate surface area is 159 Å². The number of thiophene rings is 1. The van der Waals surface area contributed by atoms with Gasteiger partial charge in [0.05, 0.1) is 4.88 Å². The molecular formula is C20H28N4OS. The molecule has 2 aromatic rings. The first-order chi connectivity index (χ1) is 12.8. The van der Waals surface area contributed by atoms with Gasteiger partial charge in [0.2, 0.25) is 0 Å². The summed E-state index contributed by atoms with van der Waals surface area (Å²) in [6.45, 7) is 5.09. The van der Waals surface area contributed by atoms with Crippen LogP contribution in [0.25, 0.3) is 0 Å². The van der Waals surface area contributed by atoms with E-state index in [9.17, 15) is 4.79 Å². The molecule has 0 radical (unpaired) electrons. The van der Waals surface area contributed by atoms with Gasteiger partial charge in [0.15, 0.2) is 5.96 Å². The molecule has 0 spiro atoms. The zero-order valence-corrected chi connectivity index (χ0v) is 16.1. The summed E-state index contributed by atoms with van der Waals surface area (Å²) in [5.41, 5.74) is 1.36. The summed E-state index contributed by atoms with van der Waals surface area (Å²) in [4.78, 5) is 17.2. The van der Waals surface area contributed by atoms with E-state index in [1.54, 1.807) is 0 Å². The summed E-state index contributed by atoms with van der Waals surface area (Å²) in [5.74, 6) is 0.833. The maximum absolute atomic E-state index is 11.8. The second-order valence-electron chi connectivity index (χ2n) is 5.86. The molecule has 0 aliphatic carbocycles. The molecule has 1 amide bonds. The number of aryl methyl sites for hydroxylation is 1. The Hall–Kier alpha value is -2.34. The molecule has 26 heavy (non-hydrogen) atoms. The van der Waals surface area contributed by atoms with Crippen LogP contribution in [0.2, 0.25) is 0 Å². The van der Waals surface area contributed by atoms with Gasteiger partial charge in [-0.15, -0.1) is 11.3 Å². The van der Waals surface area contributed by atoms with Gasteiger partial charge >= 0.3 is 0 Å². The fourth-order valence-corrected chi connectivity index (χ4v) is 3.09. The molecule has 0 atom stereocenters. The minimum absolute atomic E-state index is 0.00470. The Balaban J connectivity index is 1.61. The van der Waals surface area contributed by atoms with Crippen LogP contribution >= 0.6 is 11.3 Å². The molecule has 3 N–H and O–H groups in total. The van der Waals surface area contributed by atoms with Gasteiger partial charge in [-0.1, -0.05) is 36.4 Å². The van der Waals surface area contributed by atoms with Crippen molar-refractivity contribution in [3.8, 4) is 0 Å². The van der Waals surface area contributed by atoms with Crippen molar-refractivity contribution < 1.29 is 4.79 Å². The second-order valence-corrected chi connectivity index (χ2v) is 6.81. The number of guanidine groups is 1. The van der Waals surface area contributed by atoms with Crippen molar-refractivity contribution >= 4 is 23.2 Å². The first-order valence-corrected chi connectivity index (χ1v) is 10.1. The van der Waals surface area contributed by atoms with E-state index in [0.29, 0.717) is 13.1 Å². The molecule has 0 aliphatic heterocycles. The minimum atomic E-state index is -0.00470. The Morgan fingerprint density at radius 3 is 2.54 bits per heavy atom. The Bertz CT molecular complexity index is 656. The number of rotatable bonds is 10. The topological polar surface area (TPSA) is 65.5 Å². The standard InChI is InChI=1S/C20H28N4OS/c1-2-21-20(23-13-6-11-17-9-4-3-5-10-17)24-15-8-14-22-19(25)18-12-7-16-26-18/h3-5,7,9-10,12,16H,2,6,8,11,13-15H2,1H3,(H,22,25)(H2,21,23,24). The summed E-state index contributed by atoms with van der Waals surface area (Å²) < 4.78 is 0. The average molecular weight is 373 g/mol. The van der Waals surface area contributed by atoms with Crippen LogP contribution in [0.4, 0.5) is 0 Å². The Kier molecular flexibility index (Phi) is 9.29. The van der Waals surface area contributed by atoms with Gasteiger partial charge < -0.3 is 16.0 Å². The lowest BCUT2D eigenvalue weighted by molar-refractivity contribution is 0.0957. The van der Waals surface area contributed by atoms with Crippen LogP contribution in [0.15, 0.2) is 52.8 Å². The van der Waals surface area contributed by atoms with E-state index in [1.807, 2.05) is 23.6 Å². The molecule has 0 saturated carbocycles. The summed E-state index contributed by atoms with van der Waals surface area (Å²) in [7, 11) is 0. The molecule has 2 rings (SSSR count). The molecule has 0 bridgehead atoms. The van der Waals surface area contributed by atoms with Crippen LogP contribution in [-0.4, -0.2) is 38.0 Å². The van der Waals surface area contributed by atoms with Gasteiger partial charge in [-0.05, 0) is 43.2 Å². The second kappa shape index (κ2) is 12.1. The lowest BCUT2D eigenvalue weighted by Crippen LogP contribution is -2.38. The maximum atomic E-state index is 11.8. The molecule has 1 heterocycles. The van der Waals surface area contributed by atoms with Crippen molar-refractivity contribution in [2.45, 2.75) is 26.2 Å². The number of benzene rings is 1. The number of amides is 1. The van der Waals surface area contributed by atoms with Crippen molar-refractivity contribution in [1.29, 1.82) is 0 Å². The number of hydrogen-bond acceptors (Lipinski definition) is 3. The van der Waals surface area contributed by atoms with Gasteiger partial charge in [-0.25, -0.2) is 0 Å². The van der Waals surface area contributed by atoms with E-state index in [-0.39, 0.29) is 5.91 Å². The Morgan fingerprint density at radius 1 is 1.00 bits per heavy atom. The highest BCUT2D eigenvalue weighted by Gasteiger charge is 2.04. The van der Waals surface area contributed by atoms with Crippen LogP contribution in [-0.2, 0) is 6.42 Å². The van der Waals surface area contributed by atoms with Crippen molar-refractivity contribution in [3.63, 3.8) is 0 Å². The van der Waals surface area contributed by atoms with Crippen LogP contribution in [0.1, 0.15) is 35.0 Å². The largest absolute Gasteiger partial charge is 0.357 e. The van der Waals surface area contributed by atoms with Gasteiger partial charge in [0.25, 0.3) is 5.91 Å². The van der Waals surface area contributed by atoms with Crippen LogP contribution in [0.3, 0.4) is 0 Å². The van der Waals surface area contributed by atoms with Crippen molar-refractivity contribution in [2.24, 2.45) is 4.99 Å². The fourth-order valence-electron chi connectivity index (χ4n) is 2.45. The van der Waals surface area contributed by atoms with Crippen LogP contribution in [0, 0.1) is 0 Å². The highest BCUT2D eigenvalue weighted by atomic mass is 32.1. The third-order valence-electron chi connectivity index (χ3n) is 3.76. The molecule has 0 fully saturated rings.